The first kappa shape index (κ1) is 24.6. The van der Waals surface area contributed by atoms with E-state index in [-0.39, 0.29) is 29.6 Å². The highest BCUT2D eigenvalue weighted by Crippen LogP contribution is 2.23. The number of rotatable bonds is 9. The van der Waals surface area contributed by atoms with Crippen molar-refractivity contribution in [2.45, 2.75) is 32.1 Å². The lowest BCUT2D eigenvalue weighted by atomic mass is 9.99. The number of benzene rings is 2. The molecule has 1 unspecified atom stereocenters. The summed E-state index contributed by atoms with van der Waals surface area (Å²) in [6.07, 6.45) is 0.424. The summed E-state index contributed by atoms with van der Waals surface area (Å²) < 4.78 is 31.6. The Morgan fingerprint density at radius 2 is 1.74 bits per heavy atom. The molecule has 0 spiro atoms. The SMILES string of the molecule is CCOC(=O)C(CNC(=O)c1cc(C)c(C)c(S(=O)(=O)N(C)C)c1)Cc1ccccc1. The number of amides is 1. The van der Waals surface area contributed by atoms with Crippen LogP contribution in [0.1, 0.15) is 34.0 Å². The highest BCUT2D eigenvalue weighted by atomic mass is 32.2. The summed E-state index contributed by atoms with van der Waals surface area (Å²) in [6, 6.07) is 12.5. The minimum absolute atomic E-state index is 0.0786. The van der Waals surface area contributed by atoms with E-state index < -0.39 is 21.8 Å². The molecule has 0 bridgehead atoms. The Kier molecular flexibility index (Phi) is 8.36. The lowest BCUT2D eigenvalue weighted by Gasteiger charge is -2.18. The first-order valence-corrected chi connectivity index (χ1v) is 11.5. The van der Waals surface area contributed by atoms with E-state index in [0.717, 1.165) is 9.87 Å². The van der Waals surface area contributed by atoms with Gasteiger partial charge in [-0.2, -0.15) is 0 Å². The summed E-state index contributed by atoms with van der Waals surface area (Å²) in [4.78, 5) is 25.3. The van der Waals surface area contributed by atoms with Crippen LogP contribution in [0.15, 0.2) is 47.4 Å². The number of sulfonamides is 1. The molecule has 7 nitrogen and oxygen atoms in total. The van der Waals surface area contributed by atoms with Crippen LogP contribution < -0.4 is 5.32 Å². The third kappa shape index (κ3) is 6.15. The summed E-state index contributed by atoms with van der Waals surface area (Å²) in [6.45, 7) is 5.54. The molecule has 8 heteroatoms. The van der Waals surface area contributed by atoms with Crippen LogP contribution in [-0.2, 0) is 26.0 Å². The van der Waals surface area contributed by atoms with Crippen molar-refractivity contribution < 1.29 is 22.7 Å². The smallest absolute Gasteiger partial charge is 0.311 e. The van der Waals surface area contributed by atoms with E-state index in [1.807, 2.05) is 30.3 Å². The lowest BCUT2D eigenvalue weighted by Crippen LogP contribution is -2.35. The Bertz CT molecular complexity index is 1030. The van der Waals surface area contributed by atoms with Gasteiger partial charge in [0.2, 0.25) is 10.0 Å². The fourth-order valence-corrected chi connectivity index (χ4v) is 4.36. The molecular formula is C23H30N2O5S. The molecule has 0 aliphatic heterocycles. The summed E-state index contributed by atoms with van der Waals surface area (Å²) in [5.74, 6) is -1.38. The Balaban J connectivity index is 2.24. The minimum Gasteiger partial charge on any atom is -0.466 e. The van der Waals surface area contributed by atoms with Crippen LogP contribution in [0.2, 0.25) is 0 Å². The van der Waals surface area contributed by atoms with Gasteiger partial charge in [-0.15, -0.1) is 0 Å². The van der Waals surface area contributed by atoms with Gasteiger partial charge in [0.15, 0.2) is 0 Å². The lowest BCUT2D eigenvalue weighted by molar-refractivity contribution is -0.147. The molecule has 0 fully saturated rings. The quantitative estimate of drug-likeness (QED) is 0.598. The summed E-state index contributed by atoms with van der Waals surface area (Å²) in [5, 5.41) is 2.76. The second kappa shape index (κ2) is 10.5. The maximum Gasteiger partial charge on any atom is 0.311 e. The van der Waals surface area contributed by atoms with Crippen LogP contribution in [0.5, 0.6) is 0 Å². The summed E-state index contributed by atoms with van der Waals surface area (Å²) >= 11 is 0. The Morgan fingerprint density at radius 3 is 2.32 bits per heavy atom. The molecule has 0 heterocycles. The van der Waals surface area contributed by atoms with Crippen molar-refractivity contribution in [2.75, 3.05) is 27.2 Å². The van der Waals surface area contributed by atoms with E-state index in [0.29, 0.717) is 17.5 Å². The van der Waals surface area contributed by atoms with Crippen LogP contribution in [-0.4, -0.2) is 51.8 Å². The zero-order valence-electron chi connectivity index (χ0n) is 18.6. The fourth-order valence-electron chi connectivity index (χ4n) is 3.14. The van der Waals surface area contributed by atoms with Crippen LogP contribution >= 0.6 is 0 Å². The van der Waals surface area contributed by atoms with Crippen LogP contribution in [0.25, 0.3) is 0 Å². The Morgan fingerprint density at radius 1 is 1.10 bits per heavy atom. The van der Waals surface area contributed by atoms with Crippen molar-refractivity contribution in [3.8, 4) is 0 Å². The van der Waals surface area contributed by atoms with Gasteiger partial charge in [0, 0.05) is 26.2 Å². The monoisotopic (exact) mass is 446 g/mol. The van der Waals surface area contributed by atoms with Crippen molar-refractivity contribution in [1.29, 1.82) is 0 Å². The normalized spacial score (nSPS) is 12.5. The number of esters is 1. The summed E-state index contributed by atoms with van der Waals surface area (Å²) in [7, 11) is -0.802. The van der Waals surface area contributed by atoms with Gasteiger partial charge in [0.1, 0.15) is 0 Å². The molecule has 2 aromatic rings. The molecule has 0 aromatic heterocycles. The van der Waals surface area contributed by atoms with Gasteiger partial charge in [0.05, 0.1) is 17.4 Å². The molecule has 31 heavy (non-hydrogen) atoms. The van der Waals surface area contributed by atoms with E-state index in [1.165, 1.54) is 20.2 Å². The van der Waals surface area contributed by atoms with Gasteiger partial charge in [-0.05, 0) is 56.0 Å². The zero-order chi connectivity index (χ0) is 23.2. The molecule has 0 aliphatic rings. The Labute approximate surface area is 184 Å². The standard InChI is InChI=1S/C23H30N2O5S/c1-6-30-23(27)20(13-18-10-8-7-9-11-18)15-24-22(26)19-12-16(2)17(3)21(14-19)31(28,29)25(4)5/h7-12,14,20H,6,13,15H2,1-5H3,(H,24,26). The first-order valence-electron chi connectivity index (χ1n) is 10.1. The average Bonchev–Trinajstić information content (AvgIpc) is 2.73. The van der Waals surface area contributed by atoms with Gasteiger partial charge in [0.25, 0.3) is 5.91 Å². The number of carbonyl (C=O) groups excluding carboxylic acids is 2. The first-order chi connectivity index (χ1) is 14.6. The van der Waals surface area contributed by atoms with E-state index in [2.05, 4.69) is 5.32 Å². The second-order valence-electron chi connectivity index (χ2n) is 7.55. The Hall–Kier alpha value is -2.71. The number of aryl methyl sites for hydroxylation is 1. The fraction of sp³-hybridized carbons (Fsp3) is 0.391. The number of nitrogens with one attached hydrogen (secondary N) is 1. The van der Waals surface area contributed by atoms with Crippen molar-refractivity contribution in [3.63, 3.8) is 0 Å². The van der Waals surface area contributed by atoms with Crippen LogP contribution in [0, 0.1) is 19.8 Å². The van der Waals surface area contributed by atoms with E-state index in [9.17, 15) is 18.0 Å². The molecule has 0 aliphatic carbocycles. The molecule has 0 saturated heterocycles. The zero-order valence-corrected chi connectivity index (χ0v) is 19.5. The molecule has 0 radical (unpaired) electrons. The van der Waals surface area contributed by atoms with Gasteiger partial charge in [-0.1, -0.05) is 30.3 Å². The molecule has 2 aromatic carbocycles. The molecule has 2 rings (SSSR count). The molecule has 0 saturated carbocycles. The van der Waals surface area contributed by atoms with Crippen molar-refractivity contribution in [3.05, 3.63) is 64.7 Å². The predicted molar refractivity (Wildman–Crippen MR) is 119 cm³/mol. The molecule has 168 valence electrons. The topological polar surface area (TPSA) is 92.8 Å². The van der Waals surface area contributed by atoms with Gasteiger partial charge in [-0.25, -0.2) is 12.7 Å². The van der Waals surface area contributed by atoms with Crippen molar-refractivity contribution in [2.24, 2.45) is 5.92 Å². The van der Waals surface area contributed by atoms with Crippen molar-refractivity contribution >= 4 is 21.9 Å². The maximum absolute atomic E-state index is 12.8. The third-order valence-electron chi connectivity index (χ3n) is 5.09. The number of ether oxygens (including phenoxy) is 1. The van der Waals surface area contributed by atoms with Crippen molar-refractivity contribution in [1.82, 2.24) is 9.62 Å². The highest BCUT2D eigenvalue weighted by molar-refractivity contribution is 7.89. The minimum atomic E-state index is -3.70. The largest absolute Gasteiger partial charge is 0.466 e. The molecule has 1 N–H and O–H groups in total. The third-order valence-corrected chi connectivity index (χ3v) is 7.04. The highest BCUT2D eigenvalue weighted by Gasteiger charge is 2.25. The van der Waals surface area contributed by atoms with Gasteiger partial charge in [-0.3, -0.25) is 9.59 Å². The molecule has 1 amide bonds. The summed E-state index contributed by atoms with van der Waals surface area (Å²) in [5.41, 5.74) is 2.48. The van der Waals surface area contributed by atoms with Gasteiger partial charge >= 0.3 is 5.97 Å². The number of hydrogen-bond donors (Lipinski definition) is 1. The number of carbonyl (C=O) groups is 2. The average molecular weight is 447 g/mol. The number of nitrogens with zero attached hydrogens (tertiary/aromatic N) is 1. The second-order valence-corrected chi connectivity index (χ2v) is 9.67. The number of hydrogen-bond acceptors (Lipinski definition) is 5. The van der Waals surface area contributed by atoms with E-state index in [4.69, 9.17) is 4.74 Å². The van der Waals surface area contributed by atoms with Crippen LogP contribution in [0.3, 0.4) is 0 Å². The predicted octanol–water partition coefficient (Wildman–Crippen LogP) is 2.71. The van der Waals surface area contributed by atoms with Crippen LogP contribution in [0.4, 0.5) is 0 Å². The van der Waals surface area contributed by atoms with Gasteiger partial charge < -0.3 is 10.1 Å². The molecular weight excluding hydrogens is 416 g/mol. The molecule has 1 atom stereocenters. The van der Waals surface area contributed by atoms with E-state index in [1.54, 1.807) is 26.8 Å². The van der Waals surface area contributed by atoms with E-state index >= 15 is 0 Å². The maximum atomic E-state index is 12.8.